The Labute approximate surface area is 234 Å². The second kappa shape index (κ2) is 15.5. The first-order valence-electron chi connectivity index (χ1n) is 12.4. The number of rotatable bonds is 17. The van der Waals surface area contributed by atoms with Gasteiger partial charge in [0, 0.05) is 29.9 Å². The third kappa shape index (κ3) is 9.89. The van der Waals surface area contributed by atoms with E-state index in [0.29, 0.717) is 17.7 Å². The number of aromatic nitrogens is 1. The van der Waals surface area contributed by atoms with Crippen molar-refractivity contribution in [2.24, 2.45) is 11.5 Å². The van der Waals surface area contributed by atoms with Crippen LogP contribution < -0.4 is 27.4 Å². The van der Waals surface area contributed by atoms with Gasteiger partial charge in [0.15, 0.2) is 0 Å². The highest BCUT2D eigenvalue weighted by molar-refractivity contribution is 7.98. The van der Waals surface area contributed by atoms with Gasteiger partial charge in [-0.15, -0.1) is 0 Å². The molecule has 1 heterocycles. The molecule has 0 saturated heterocycles. The minimum Gasteiger partial charge on any atom is -0.481 e. The Kier molecular flexibility index (Phi) is 12.4. The molecule has 14 nitrogen and oxygen atoms in total. The van der Waals surface area contributed by atoms with E-state index < -0.39 is 66.2 Å². The monoisotopic (exact) mass is 578 g/mol. The number of carboxylic acids is 2. The molecule has 4 atom stereocenters. The van der Waals surface area contributed by atoms with Crippen molar-refractivity contribution >= 4 is 58.2 Å². The molecular formula is C25H34N6O8S. The standard InChI is InChI=1S/C25H34N6O8S/c1-40-9-8-15(26)22(35)29-17(6-7-20(27)32)23(36)30-18(11-21(33)34)24(37)31-19(25(38)39)10-13-12-28-16-5-3-2-4-14(13)16/h2-5,12,15,17-19,28H,6-11,26H2,1H3,(H2,27,32)(H,29,35)(H,30,36)(H,31,37)(H,33,34)(H,38,39). The lowest BCUT2D eigenvalue weighted by Crippen LogP contribution is -2.57. The third-order valence-electron chi connectivity index (χ3n) is 6.01. The van der Waals surface area contributed by atoms with E-state index >= 15 is 0 Å². The summed E-state index contributed by atoms with van der Waals surface area (Å²) in [7, 11) is 0. The Morgan fingerprint density at radius 1 is 0.925 bits per heavy atom. The van der Waals surface area contributed by atoms with Gasteiger partial charge >= 0.3 is 11.9 Å². The van der Waals surface area contributed by atoms with Crippen molar-refractivity contribution in [3.63, 3.8) is 0 Å². The summed E-state index contributed by atoms with van der Waals surface area (Å²) in [5.74, 6) is -5.68. The van der Waals surface area contributed by atoms with Crippen LogP contribution in [-0.2, 0) is 35.2 Å². The van der Waals surface area contributed by atoms with Crippen LogP contribution in [0.4, 0.5) is 0 Å². The maximum Gasteiger partial charge on any atom is 0.326 e. The van der Waals surface area contributed by atoms with E-state index in [0.717, 1.165) is 10.9 Å². The van der Waals surface area contributed by atoms with E-state index in [1.807, 2.05) is 6.26 Å². The van der Waals surface area contributed by atoms with Gasteiger partial charge in [-0.25, -0.2) is 4.79 Å². The Hall–Kier alpha value is -4.11. The molecule has 0 aliphatic heterocycles. The maximum atomic E-state index is 13.0. The van der Waals surface area contributed by atoms with Crippen LogP contribution in [0, 0.1) is 0 Å². The van der Waals surface area contributed by atoms with Crippen molar-refractivity contribution in [3.05, 3.63) is 36.0 Å². The molecule has 10 N–H and O–H groups in total. The van der Waals surface area contributed by atoms with Crippen LogP contribution in [0.1, 0.15) is 31.2 Å². The average molecular weight is 579 g/mol. The Balaban J connectivity index is 2.18. The van der Waals surface area contributed by atoms with E-state index in [1.54, 1.807) is 30.5 Å². The van der Waals surface area contributed by atoms with Crippen LogP contribution >= 0.6 is 11.8 Å². The average Bonchev–Trinajstić information content (AvgIpc) is 3.30. The number of aromatic amines is 1. The fraction of sp³-hybridized carbons (Fsp3) is 0.440. The summed E-state index contributed by atoms with van der Waals surface area (Å²) in [5, 5.41) is 26.8. The minimum absolute atomic E-state index is 0.121. The van der Waals surface area contributed by atoms with Crippen molar-refractivity contribution in [1.29, 1.82) is 0 Å². The molecule has 4 amide bonds. The smallest absolute Gasteiger partial charge is 0.326 e. The number of hydrogen-bond donors (Lipinski definition) is 8. The number of carbonyl (C=O) groups excluding carboxylic acids is 4. The van der Waals surface area contributed by atoms with Gasteiger partial charge in [-0.1, -0.05) is 18.2 Å². The van der Waals surface area contributed by atoms with Gasteiger partial charge in [0.1, 0.15) is 18.1 Å². The number of carboxylic acid groups (broad SMARTS) is 2. The second-order valence-corrected chi connectivity index (χ2v) is 10.1. The van der Waals surface area contributed by atoms with Crippen molar-refractivity contribution in [1.82, 2.24) is 20.9 Å². The molecular weight excluding hydrogens is 544 g/mol. The minimum atomic E-state index is -1.69. The molecule has 0 saturated carbocycles. The van der Waals surface area contributed by atoms with Gasteiger partial charge in [0.05, 0.1) is 12.5 Å². The predicted octanol–water partition coefficient (Wildman–Crippen LogP) is -0.930. The quantitative estimate of drug-likeness (QED) is 0.114. The molecule has 1 aromatic heterocycles. The molecule has 15 heteroatoms. The third-order valence-corrected chi connectivity index (χ3v) is 6.65. The maximum absolute atomic E-state index is 13.0. The number of benzene rings is 1. The summed E-state index contributed by atoms with van der Waals surface area (Å²) in [6.07, 6.45) is 2.23. The Morgan fingerprint density at radius 2 is 1.55 bits per heavy atom. The van der Waals surface area contributed by atoms with E-state index in [9.17, 15) is 39.0 Å². The number of amides is 4. The zero-order valence-corrected chi connectivity index (χ0v) is 22.7. The first-order chi connectivity index (χ1) is 18.9. The van der Waals surface area contributed by atoms with E-state index in [4.69, 9.17) is 11.5 Å². The molecule has 2 rings (SSSR count). The topological polar surface area (TPSA) is 247 Å². The van der Waals surface area contributed by atoms with Crippen molar-refractivity contribution in [2.75, 3.05) is 12.0 Å². The zero-order chi connectivity index (χ0) is 29.8. The van der Waals surface area contributed by atoms with Crippen LogP contribution in [0.2, 0.25) is 0 Å². The summed E-state index contributed by atoms with van der Waals surface area (Å²) in [5.41, 5.74) is 12.4. The number of nitrogens with one attached hydrogen (secondary N) is 4. The molecule has 0 aliphatic rings. The van der Waals surface area contributed by atoms with Gasteiger partial charge in [-0.05, 0) is 36.5 Å². The number of H-pyrrole nitrogens is 1. The van der Waals surface area contributed by atoms with E-state index in [2.05, 4.69) is 20.9 Å². The first-order valence-corrected chi connectivity index (χ1v) is 13.8. The normalized spacial score (nSPS) is 13.9. The molecule has 4 unspecified atom stereocenters. The molecule has 40 heavy (non-hydrogen) atoms. The SMILES string of the molecule is CSCCC(N)C(=O)NC(CCC(N)=O)C(=O)NC(CC(=O)O)C(=O)NC(Cc1c[nH]c2ccccc12)C(=O)O. The predicted molar refractivity (Wildman–Crippen MR) is 147 cm³/mol. The number of carbonyl (C=O) groups is 6. The van der Waals surface area contributed by atoms with Gasteiger partial charge in [-0.3, -0.25) is 24.0 Å². The van der Waals surface area contributed by atoms with E-state index in [-0.39, 0.29) is 19.3 Å². The van der Waals surface area contributed by atoms with Crippen LogP contribution in [0.5, 0.6) is 0 Å². The summed E-state index contributed by atoms with van der Waals surface area (Å²) >= 11 is 1.47. The number of para-hydroxylation sites is 1. The van der Waals surface area contributed by atoms with Crippen LogP contribution in [0.15, 0.2) is 30.5 Å². The fourth-order valence-corrected chi connectivity index (χ4v) is 4.35. The lowest BCUT2D eigenvalue weighted by atomic mass is 10.0. The summed E-state index contributed by atoms with van der Waals surface area (Å²) in [4.78, 5) is 76.3. The number of aliphatic carboxylic acids is 2. The highest BCUT2D eigenvalue weighted by Crippen LogP contribution is 2.19. The lowest BCUT2D eigenvalue weighted by Gasteiger charge is -2.24. The Bertz CT molecular complexity index is 1230. The molecule has 0 bridgehead atoms. The summed E-state index contributed by atoms with van der Waals surface area (Å²) in [6.45, 7) is 0. The highest BCUT2D eigenvalue weighted by atomic mass is 32.2. The number of nitrogens with two attached hydrogens (primary N) is 2. The molecule has 0 fully saturated rings. The summed E-state index contributed by atoms with van der Waals surface area (Å²) in [6, 6.07) is 1.72. The lowest BCUT2D eigenvalue weighted by molar-refractivity contribution is -0.143. The van der Waals surface area contributed by atoms with Crippen LogP contribution in [0.25, 0.3) is 10.9 Å². The van der Waals surface area contributed by atoms with Gasteiger partial charge in [-0.2, -0.15) is 11.8 Å². The first kappa shape index (κ1) is 32.1. The van der Waals surface area contributed by atoms with Gasteiger partial charge in [0.2, 0.25) is 23.6 Å². The molecule has 0 aliphatic carbocycles. The van der Waals surface area contributed by atoms with Crippen molar-refractivity contribution in [2.45, 2.75) is 56.3 Å². The van der Waals surface area contributed by atoms with Crippen LogP contribution in [0.3, 0.4) is 0 Å². The number of primary amides is 1. The van der Waals surface area contributed by atoms with Crippen molar-refractivity contribution < 1.29 is 39.0 Å². The highest BCUT2D eigenvalue weighted by Gasteiger charge is 2.32. The second-order valence-electron chi connectivity index (χ2n) is 9.08. The zero-order valence-electron chi connectivity index (χ0n) is 21.8. The number of hydrogen-bond acceptors (Lipinski definition) is 8. The van der Waals surface area contributed by atoms with Gasteiger partial charge < -0.3 is 42.6 Å². The number of thioether (sulfide) groups is 1. The molecule has 0 radical (unpaired) electrons. The number of fused-ring (bicyclic) bond motifs is 1. The fourth-order valence-electron chi connectivity index (χ4n) is 3.86. The Morgan fingerprint density at radius 3 is 2.17 bits per heavy atom. The van der Waals surface area contributed by atoms with Crippen molar-refractivity contribution in [3.8, 4) is 0 Å². The van der Waals surface area contributed by atoms with E-state index in [1.165, 1.54) is 11.8 Å². The van der Waals surface area contributed by atoms with Crippen LogP contribution in [-0.4, -0.2) is 86.9 Å². The molecule has 218 valence electrons. The van der Waals surface area contributed by atoms with Gasteiger partial charge in [0.25, 0.3) is 0 Å². The summed E-state index contributed by atoms with van der Waals surface area (Å²) < 4.78 is 0. The molecule has 0 spiro atoms. The molecule has 1 aromatic carbocycles. The molecule has 2 aromatic rings. The largest absolute Gasteiger partial charge is 0.481 e.